The van der Waals surface area contributed by atoms with Gasteiger partial charge in [-0.05, 0) is 33.3 Å². The van der Waals surface area contributed by atoms with E-state index in [4.69, 9.17) is 14.0 Å². The van der Waals surface area contributed by atoms with Gasteiger partial charge in [-0.15, -0.1) is 0 Å². The van der Waals surface area contributed by atoms with Crippen molar-refractivity contribution in [3.05, 3.63) is 53.4 Å². The van der Waals surface area contributed by atoms with Crippen LogP contribution < -0.4 is 10.6 Å². The Morgan fingerprint density at radius 2 is 1.89 bits per heavy atom. The van der Waals surface area contributed by atoms with Gasteiger partial charge in [-0.1, -0.05) is 35.5 Å². The standard InChI is InChI=1S/C19H25N3O5/c1-13(21-18(24)25-12-14-8-6-5-7-9-14)16-10-15(27-22-16)11-20-17(23)26-19(2,3)4/h5-10,13H,11-12H2,1-4H3,(H,20,23)(H,21,24)/t13-/m0/s1. The van der Waals surface area contributed by atoms with E-state index in [-0.39, 0.29) is 13.2 Å². The maximum atomic E-state index is 11.9. The van der Waals surface area contributed by atoms with E-state index in [2.05, 4.69) is 15.8 Å². The number of hydrogen-bond acceptors (Lipinski definition) is 6. The van der Waals surface area contributed by atoms with Gasteiger partial charge in [0, 0.05) is 6.07 Å². The zero-order chi connectivity index (χ0) is 19.9. The van der Waals surface area contributed by atoms with E-state index in [0.29, 0.717) is 11.5 Å². The van der Waals surface area contributed by atoms with Crippen LogP contribution in [0.5, 0.6) is 0 Å². The molecule has 27 heavy (non-hydrogen) atoms. The summed E-state index contributed by atoms with van der Waals surface area (Å²) in [6.45, 7) is 7.42. The summed E-state index contributed by atoms with van der Waals surface area (Å²) in [4.78, 5) is 23.5. The molecule has 2 N–H and O–H groups in total. The molecule has 1 heterocycles. The van der Waals surface area contributed by atoms with Crippen LogP contribution in [0.3, 0.4) is 0 Å². The SMILES string of the molecule is C[C@H](NC(=O)OCc1ccccc1)c1cc(CNC(=O)OC(C)(C)C)on1. The Balaban J connectivity index is 1.77. The largest absolute Gasteiger partial charge is 0.445 e. The molecule has 146 valence electrons. The Morgan fingerprint density at radius 1 is 1.19 bits per heavy atom. The van der Waals surface area contributed by atoms with E-state index in [1.807, 2.05) is 30.3 Å². The average Bonchev–Trinajstić information content (AvgIpc) is 3.07. The monoisotopic (exact) mass is 375 g/mol. The minimum absolute atomic E-state index is 0.132. The molecule has 8 heteroatoms. The summed E-state index contributed by atoms with van der Waals surface area (Å²) < 4.78 is 15.5. The molecule has 2 rings (SSSR count). The molecule has 0 saturated carbocycles. The van der Waals surface area contributed by atoms with Crippen molar-refractivity contribution < 1.29 is 23.6 Å². The predicted molar refractivity (Wildman–Crippen MR) is 97.8 cm³/mol. The molecule has 2 aromatic rings. The lowest BCUT2D eigenvalue weighted by molar-refractivity contribution is 0.0518. The Morgan fingerprint density at radius 3 is 2.56 bits per heavy atom. The molecule has 1 aromatic carbocycles. The van der Waals surface area contributed by atoms with Gasteiger partial charge in [0.05, 0.1) is 12.6 Å². The van der Waals surface area contributed by atoms with Crippen molar-refractivity contribution in [3.63, 3.8) is 0 Å². The maximum Gasteiger partial charge on any atom is 0.408 e. The Labute approximate surface area is 158 Å². The van der Waals surface area contributed by atoms with Crippen LogP contribution in [0.1, 0.15) is 50.8 Å². The van der Waals surface area contributed by atoms with E-state index in [9.17, 15) is 9.59 Å². The molecule has 0 aliphatic rings. The number of carbonyl (C=O) groups excluding carboxylic acids is 2. The summed E-state index contributed by atoms with van der Waals surface area (Å²) >= 11 is 0. The van der Waals surface area contributed by atoms with E-state index in [1.165, 1.54) is 0 Å². The summed E-state index contributed by atoms with van der Waals surface area (Å²) in [5.74, 6) is 0.446. The number of aromatic nitrogens is 1. The fraction of sp³-hybridized carbons (Fsp3) is 0.421. The molecule has 1 atom stereocenters. The minimum Gasteiger partial charge on any atom is -0.445 e. The van der Waals surface area contributed by atoms with Gasteiger partial charge in [-0.3, -0.25) is 0 Å². The van der Waals surface area contributed by atoms with E-state index in [1.54, 1.807) is 33.8 Å². The molecule has 0 aliphatic carbocycles. The first-order valence-electron chi connectivity index (χ1n) is 8.62. The third-order valence-corrected chi connectivity index (χ3v) is 3.37. The van der Waals surface area contributed by atoms with Crippen LogP contribution in [-0.4, -0.2) is 22.9 Å². The Hall–Kier alpha value is -3.03. The first-order chi connectivity index (χ1) is 12.7. The molecule has 0 aliphatic heterocycles. The Kier molecular flexibility index (Phi) is 6.81. The van der Waals surface area contributed by atoms with Gasteiger partial charge in [-0.25, -0.2) is 9.59 Å². The van der Waals surface area contributed by atoms with Gasteiger partial charge in [0.25, 0.3) is 0 Å². The summed E-state index contributed by atoms with van der Waals surface area (Å²) in [5, 5.41) is 9.16. The van der Waals surface area contributed by atoms with E-state index in [0.717, 1.165) is 5.56 Å². The maximum absolute atomic E-state index is 11.9. The lowest BCUT2D eigenvalue weighted by Gasteiger charge is -2.19. The van der Waals surface area contributed by atoms with E-state index >= 15 is 0 Å². The van der Waals surface area contributed by atoms with Crippen molar-refractivity contribution in [2.45, 2.75) is 52.5 Å². The highest BCUT2D eigenvalue weighted by Gasteiger charge is 2.18. The van der Waals surface area contributed by atoms with Crippen molar-refractivity contribution in [2.24, 2.45) is 0 Å². The van der Waals surface area contributed by atoms with Crippen molar-refractivity contribution in [2.75, 3.05) is 0 Å². The molecular weight excluding hydrogens is 350 g/mol. The highest BCUT2D eigenvalue weighted by molar-refractivity contribution is 5.68. The highest BCUT2D eigenvalue weighted by atomic mass is 16.6. The number of nitrogens with zero attached hydrogens (tertiary/aromatic N) is 1. The summed E-state index contributed by atoms with van der Waals surface area (Å²) in [6, 6.07) is 10.6. The van der Waals surface area contributed by atoms with Crippen molar-refractivity contribution in [3.8, 4) is 0 Å². The second-order valence-corrected chi connectivity index (χ2v) is 7.00. The lowest BCUT2D eigenvalue weighted by Crippen LogP contribution is -2.32. The van der Waals surface area contributed by atoms with Gasteiger partial charge in [0.15, 0.2) is 5.76 Å². The second-order valence-electron chi connectivity index (χ2n) is 7.00. The molecule has 0 radical (unpaired) electrons. The van der Waals surface area contributed by atoms with Crippen molar-refractivity contribution in [1.82, 2.24) is 15.8 Å². The first-order valence-corrected chi connectivity index (χ1v) is 8.62. The fourth-order valence-corrected chi connectivity index (χ4v) is 2.11. The molecule has 0 spiro atoms. The molecule has 1 aromatic heterocycles. The van der Waals surface area contributed by atoms with Crippen LogP contribution in [-0.2, 0) is 22.6 Å². The molecule has 0 unspecified atom stereocenters. The number of ether oxygens (including phenoxy) is 2. The number of nitrogens with one attached hydrogen (secondary N) is 2. The van der Waals surface area contributed by atoms with Crippen LogP contribution in [0.15, 0.2) is 40.9 Å². The molecule has 0 bridgehead atoms. The Bertz CT molecular complexity index is 752. The van der Waals surface area contributed by atoms with Crippen LogP contribution >= 0.6 is 0 Å². The van der Waals surface area contributed by atoms with Gasteiger partial charge in [0.2, 0.25) is 0 Å². The quantitative estimate of drug-likeness (QED) is 0.798. The van der Waals surface area contributed by atoms with Crippen LogP contribution in [0, 0.1) is 0 Å². The van der Waals surface area contributed by atoms with Gasteiger partial charge < -0.3 is 24.6 Å². The third-order valence-electron chi connectivity index (χ3n) is 3.37. The number of carbonyl (C=O) groups is 2. The zero-order valence-corrected chi connectivity index (χ0v) is 15.9. The fourth-order valence-electron chi connectivity index (χ4n) is 2.11. The highest BCUT2D eigenvalue weighted by Crippen LogP contribution is 2.13. The minimum atomic E-state index is -0.574. The smallest absolute Gasteiger partial charge is 0.408 e. The summed E-state index contributed by atoms with van der Waals surface area (Å²) in [7, 11) is 0. The van der Waals surface area contributed by atoms with Crippen LogP contribution in [0.25, 0.3) is 0 Å². The molecule has 2 amide bonds. The molecular formula is C19H25N3O5. The van der Waals surface area contributed by atoms with Crippen LogP contribution in [0.4, 0.5) is 9.59 Å². The van der Waals surface area contributed by atoms with E-state index < -0.39 is 23.8 Å². The lowest BCUT2D eigenvalue weighted by atomic mass is 10.2. The van der Waals surface area contributed by atoms with Crippen molar-refractivity contribution in [1.29, 1.82) is 0 Å². The average molecular weight is 375 g/mol. The topological polar surface area (TPSA) is 103 Å². The molecule has 0 fully saturated rings. The second kappa shape index (κ2) is 9.07. The van der Waals surface area contributed by atoms with Gasteiger partial charge in [0.1, 0.15) is 17.9 Å². The predicted octanol–water partition coefficient (Wildman–Crippen LogP) is 3.69. The number of amides is 2. The first kappa shape index (κ1) is 20.3. The van der Waals surface area contributed by atoms with Crippen molar-refractivity contribution >= 4 is 12.2 Å². The van der Waals surface area contributed by atoms with Gasteiger partial charge in [-0.2, -0.15) is 0 Å². The number of rotatable bonds is 6. The normalized spacial score (nSPS) is 12.1. The van der Waals surface area contributed by atoms with Crippen LogP contribution in [0.2, 0.25) is 0 Å². The molecule has 0 saturated heterocycles. The third kappa shape index (κ3) is 7.39. The summed E-state index contributed by atoms with van der Waals surface area (Å²) in [6.07, 6.45) is -1.10. The number of alkyl carbamates (subject to hydrolysis) is 2. The molecule has 8 nitrogen and oxygen atoms in total. The summed E-state index contributed by atoms with van der Waals surface area (Å²) in [5.41, 5.74) is 0.847. The zero-order valence-electron chi connectivity index (χ0n) is 15.9. The van der Waals surface area contributed by atoms with Gasteiger partial charge >= 0.3 is 12.2 Å². The number of benzene rings is 1. The number of hydrogen-bond donors (Lipinski definition) is 2.